The lowest BCUT2D eigenvalue weighted by Gasteiger charge is -2.25. The van der Waals surface area contributed by atoms with Gasteiger partial charge in [-0.1, -0.05) is 6.08 Å². The molecule has 2 aliphatic rings. The summed E-state index contributed by atoms with van der Waals surface area (Å²) >= 11 is 0. The number of hydrogen-bond donors (Lipinski definition) is 0. The fourth-order valence-corrected chi connectivity index (χ4v) is 1.51. The molecule has 0 radical (unpaired) electrons. The quantitative estimate of drug-likeness (QED) is 0.454. The van der Waals surface area contributed by atoms with Crippen LogP contribution in [0.5, 0.6) is 0 Å². The highest BCUT2D eigenvalue weighted by atomic mass is 15.6. The van der Waals surface area contributed by atoms with Crippen LogP contribution in [0.4, 0.5) is 0 Å². The number of nitrogens with zero attached hydrogens (tertiary/aromatic N) is 3. The summed E-state index contributed by atoms with van der Waals surface area (Å²) in [5.41, 5.74) is 0. The van der Waals surface area contributed by atoms with Gasteiger partial charge in [0.25, 0.3) is 0 Å². The molecule has 0 aromatic carbocycles. The van der Waals surface area contributed by atoms with Crippen molar-refractivity contribution in [2.45, 2.75) is 6.42 Å². The number of rotatable bonds is 0. The molecule has 3 heteroatoms. The predicted octanol–water partition coefficient (Wildman–Crippen LogP) is 0.534. The Morgan fingerprint density at radius 2 is 2.50 bits per heavy atom. The monoisotopic (exact) mass is 135 g/mol. The molecule has 1 fully saturated rings. The van der Waals surface area contributed by atoms with Crippen molar-refractivity contribution < 1.29 is 0 Å². The SMILES string of the molecule is N#CN1C=CC2CCN1C2. The molecule has 0 aromatic heterocycles. The van der Waals surface area contributed by atoms with Gasteiger partial charge in [-0.05, 0) is 12.3 Å². The summed E-state index contributed by atoms with van der Waals surface area (Å²) in [4.78, 5) is 0. The van der Waals surface area contributed by atoms with Crippen molar-refractivity contribution in [3.05, 3.63) is 12.3 Å². The number of fused-ring (bicyclic) bond motifs is 2. The highest BCUT2D eigenvalue weighted by molar-refractivity contribution is 5.01. The van der Waals surface area contributed by atoms with Crippen molar-refractivity contribution in [2.75, 3.05) is 13.1 Å². The highest BCUT2D eigenvalue weighted by Gasteiger charge is 2.27. The lowest BCUT2D eigenvalue weighted by Crippen LogP contribution is -2.35. The Kier molecular flexibility index (Phi) is 1.15. The van der Waals surface area contributed by atoms with Crippen molar-refractivity contribution in [3.8, 4) is 6.19 Å². The molecule has 10 heavy (non-hydrogen) atoms. The zero-order valence-corrected chi connectivity index (χ0v) is 5.70. The van der Waals surface area contributed by atoms with Crippen LogP contribution in [-0.4, -0.2) is 23.1 Å². The molecule has 2 rings (SSSR count). The summed E-state index contributed by atoms with van der Waals surface area (Å²) in [7, 11) is 0. The van der Waals surface area contributed by atoms with Gasteiger partial charge in [-0.2, -0.15) is 5.26 Å². The standard InChI is InChI=1S/C7H9N3/c8-6-10-4-2-7-1-3-9(10)5-7/h2,4,7H,1,3,5H2. The van der Waals surface area contributed by atoms with E-state index in [4.69, 9.17) is 5.26 Å². The molecule has 2 bridgehead atoms. The van der Waals surface area contributed by atoms with Crippen LogP contribution in [0, 0.1) is 17.4 Å². The average Bonchev–Trinajstić information content (AvgIpc) is 2.34. The van der Waals surface area contributed by atoms with Crippen LogP contribution in [-0.2, 0) is 0 Å². The molecular formula is C7H9N3. The molecule has 0 N–H and O–H groups in total. The lowest BCUT2D eigenvalue weighted by atomic mass is 10.1. The van der Waals surface area contributed by atoms with Crippen molar-refractivity contribution in [2.24, 2.45) is 5.92 Å². The van der Waals surface area contributed by atoms with E-state index in [0.717, 1.165) is 13.1 Å². The van der Waals surface area contributed by atoms with Crippen LogP contribution in [0.3, 0.4) is 0 Å². The Hall–Kier alpha value is -1.01. The van der Waals surface area contributed by atoms with Crippen molar-refractivity contribution >= 4 is 0 Å². The zero-order valence-electron chi connectivity index (χ0n) is 5.70. The molecule has 0 amide bonds. The van der Waals surface area contributed by atoms with Crippen molar-refractivity contribution in [1.29, 1.82) is 5.26 Å². The van der Waals surface area contributed by atoms with E-state index in [1.165, 1.54) is 6.42 Å². The van der Waals surface area contributed by atoms with E-state index in [1.54, 1.807) is 5.01 Å². The molecule has 0 spiro atoms. The molecule has 2 heterocycles. The van der Waals surface area contributed by atoms with Crippen LogP contribution in [0.15, 0.2) is 12.3 Å². The van der Waals surface area contributed by atoms with Crippen LogP contribution >= 0.6 is 0 Å². The second kappa shape index (κ2) is 1.99. The average molecular weight is 135 g/mol. The molecular weight excluding hydrogens is 126 g/mol. The number of hydrogen-bond acceptors (Lipinski definition) is 3. The van der Waals surface area contributed by atoms with E-state index in [1.807, 2.05) is 6.20 Å². The summed E-state index contributed by atoms with van der Waals surface area (Å²) in [6, 6.07) is 0. The Bertz CT molecular complexity index is 203. The first kappa shape index (κ1) is 5.75. The highest BCUT2D eigenvalue weighted by Crippen LogP contribution is 2.23. The summed E-state index contributed by atoms with van der Waals surface area (Å²) in [6.45, 7) is 2.06. The van der Waals surface area contributed by atoms with Gasteiger partial charge < -0.3 is 0 Å². The van der Waals surface area contributed by atoms with Crippen LogP contribution in [0.25, 0.3) is 0 Å². The topological polar surface area (TPSA) is 30.3 Å². The van der Waals surface area contributed by atoms with Gasteiger partial charge in [0, 0.05) is 19.3 Å². The molecule has 2 unspecified atom stereocenters. The maximum Gasteiger partial charge on any atom is 0.199 e. The smallest absolute Gasteiger partial charge is 0.199 e. The van der Waals surface area contributed by atoms with Gasteiger partial charge in [0.1, 0.15) is 0 Å². The van der Waals surface area contributed by atoms with E-state index in [9.17, 15) is 0 Å². The van der Waals surface area contributed by atoms with Crippen molar-refractivity contribution in [3.63, 3.8) is 0 Å². The fraction of sp³-hybridized carbons (Fsp3) is 0.571. The van der Waals surface area contributed by atoms with E-state index >= 15 is 0 Å². The normalized spacial score (nSPS) is 36.1. The Labute approximate surface area is 60.1 Å². The van der Waals surface area contributed by atoms with E-state index in [0.29, 0.717) is 5.92 Å². The molecule has 3 nitrogen and oxygen atoms in total. The van der Waals surface area contributed by atoms with Gasteiger partial charge in [0.15, 0.2) is 6.19 Å². The molecule has 2 aliphatic heterocycles. The third kappa shape index (κ3) is 0.695. The largest absolute Gasteiger partial charge is 0.217 e. The summed E-state index contributed by atoms with van der Waals surface area (Å²) < 4.78 is 0. The maximum absolute atomic E-state index is 8.59. The molecule has 0 aliphatic carbocycles. The third-order valence-corrected chi connectivity index (χ3v) is 2.11. The summed E-state index contributed by atoms with van der Waals surface area (Å²) in [6.07, 6.45) is 7.29. The molecule has 2 atom stereocenters. The first-order valence-corrected chi connectivity index (χ1v) is 3.52. The van der Waals surface area contributed by atoms with Gasteiger partial charge in [0.05, 0.1) is 0 Å². The van der Waals surface area contributed by atoms with Gasteiger partial charge in [0.2, 0.25) is 0 Å². The van der Waals surface area contributed by atoms with Crippen LogP contribution in [0.2, 0.25) is 0 Å². The lowest BCUT2D eigenvalue weighted by molar-refractivity contribution is 0.0993. The van der Waals surface area contributed by atoms with Gasteiger partial charge >= 0.3 is 0 Å². The minimum Gasteiger partial charge on any atom is -0.217 e. The van der Waals surface area contributed by atoms with E-state index in [2.05, 4.69) is 17.3 Å². The Morgan fingerprint density at radius 1 is 1.60 bits per heavy atom. The number of nitriles is 1. The molecule has 1 saturated heterocycles. The van der Waals surface area contributed by atoms with Gasteiger partial charge in [-0.25, -0.2) is 10.0 Å². The minimum absolute atomic E-state index is 0.699. The third-order valence-electron chi connectivity index (χ3n) is 2.11. The molecule has 0 aromatic rings. The first-order valence-electron chi connectivity index (χ1n) is 3.52. The Morgan fingerprint density at radius 3 is 3.30 bits per heavy atom. The summed E-state index contributed by atoms with van der Waals surface area (Å²) in [5.74, 6) is 0.699. The van der Waals surface area contributed by atoms with Crippen LogP contribution in [0.1, 0.15) is 6.42 Å². The van der Waals surface area contributed by atoms with Crippen molar-refractivity contribution in [1.82, 2.24) is 10.0 Å². The molecule has 52 valence electrons. The van der Waals surface area contributed by atoms with E-state index < -0.39 is 0 Å². The fourth-order valence-electron chi connectivity index (χ4n) is 1.51. The Balaban J connectivity index is 2.21. The predicted molar refractivity (Wildman–Crippen MR) is 36.3 cm³/mol. The maximum atomic E-state index is 8.59. The second-order valence-corrected chi connectivity index (χ2v) is 2.75. The van der Waals surface area contributed by atoms with Gasteiger partial charge in [-0.15, -0.1) is 0 Å². The number of hydrazine groups is 1. The minimum atomic E-state index is 0.699. The van der Waals surface area contributed by atoms with Crippen LogP contribution < -0.4 is 0 Å². The summed E-state index contributed by atoms with van der Waals surface area (Å²) in [5, 5.41) is 12.3. The van der Waals surface area contributed by atoms with Gasteiger partial charge in [-0.3, -0.25) is 0 Å². The zero-order chi connectivity index (χ0) is 6.97. The molecule has 0 saturated carbocycles. The first-order chi connectivity index (χ1) is 4.90. The van der Waals surface area contributed by atoms with E-state index in [-0.39, 0.29) is 0 Å². The second-order valence-electron chi connectivity index (χ2n) is 2.75.